The first-order chi connectivity index (χ1) is 8.68. The van der Waals surface area contributed by atoms with Crippen LogP contribution in [0.25, 0.3) is 0 Å². The molecule has 5 heteroatoms. The van der Waals surface area contributed by atoms with E-state index in [1.807, 2.05) is 0 Å². The van der Waals surface area contributed by atoms with Crippen molar-refractivity contribution in [2.24, 2.45) is 5.92 Å². The van der Waals surface area contributed by atoms with E-state index in [-0.39, 0.29) is 22.6 Å². The molecular formula is C13H17NO4. The number of aryl methyl sites for hydroxylation is 1. The van der Waals surface area contributed by atoms with Crippen molar-refractivity contribution in [3.63, 3.8) is 0 Å². The van der Waals surface area contributed by atoms with E-state index in [0.29, 0.717) is 32.5 Å². The Hall–Kier alpha value is -1.46. The number of rotatable bonds is 4. The van der Waals surface area contributed by atoms with E-state index < -0.39 is 0 Å². The molecular weight excluding hydrogens is 234 g/mol. The lowest BCUT2D eigenvalue weighted by Crippen LogP contribution is -2.32. The highest BCUT2D eigenvalue weighted by Crippen LogP contribution is 2.24. The predicted octanol–water partition coefficient (Wildman–Crippen LogP) is 1.92. The molecule has 0 saturated carbocycles. The van der Waals surface area contributed by atoms with Gasteiger partial charge in [0.2, 0.25) is 0 Å². The molecule has 1 N–H and O–H groups in total. The third-order valence-electron chi connectivity index (χ3n) is 3.41. The number of aliphatic hydroxyl groups is 1. The van der Waals surface area contributed by atoms with Crippen molar-refractivity contribution in [1.29, 1.82) is 0 Å². The highest BCUT2D eigenvalue weighted by Gasteiger charge is 2.24. The van der Waals surface area contributed by atoms with Crippen molar-refractivity contribution in [2.75, 3.05) is 13.2 Å². The van der Waals surface area contributed by atoms with Crippen LogP contribution in [0.5, 0.6) is 0 Å². The summed E-state index contributed by atoms with van der Waals surface area (Å²) in [5.41, 5.74) is 0.879. The fourth-order valence-electron chi connectivity index (χ4n) is 2.30. The van der Waals surface area contributed by atoms with Crippen molar-refractivity contribution in [2.45, 2.75) is 25.4 Å². The molecule has 2 atom stereocenters. The molecule has 1 fully saturated rings. The first-order valence-electron chi connectivity index (χ1n) is 6.16. The second-order valence-electron chi connectivity index (χ2n) is 4.62. The smallest absolute Gasteiger partial charge is 0.272 e. The van der Waals surface area contributed by atoms with E-state index in [4.69, 9.17) is 4.74 Å². The monoisotopic (exact) mass is 251 g/mol. The largest absolute Gasteiger partial charge is 0.393 e. The SMILES string of the molecule is O=[N+]([O-])c1ccccc1CCC1COCCC1O. The average Bonchev–Trinajstić information content (AvgIpc) is 2.38. The average molecular weight is 251 g/mol. The Labute approximate surface area is 106 Å². The highest BCUT2D eigenvalue weighted by atomic mass is 16.6. The van der Waals surface area contributed by atoms with Crippen LogP contribution in [0.15, 0.2) is 24.3 Å². The summed E-state index contributed by atoms with van der Waals surface area (Å²) >= 11 is 0. The molecule has 18 heavy (non-hydrogen) atoms. The van der Waals surface area contributed by atoms with Gasteiger partial charge in [-0.25, -0.2) is 0 Å². The van der Waals surface area contributed by atoms with Gasteiger partial charge in [-0.1, -0.05) is 18.2 Å². The lowest BCUT2D eigenvalue weighted by atomic mass is 9.91. The Morgan fingerprint density at radius 1 is 1.44 bits per heavy atom. The van der Waals surface area contributed by atoms with Gasteiger partial charge in [0.25, 0.3) is 5.69 Å². The fourth-order valence-corrected chi connectivity index (χ4v) is 2.30. The number of benzene rings is 1. The number of nitro benzene ring substituents is 1. The quantitative estimate of drug-likeness (QED) is 0.655. The van der Waals surface area contributed by atoms with Gasteiger partial charge in [-0.05, 0) is 19.3 Å². The molecule has 0 spiro atoms. The van der Waals surface area contributed by atoms with Gasteiger partial charge in [-0.3, -0.25) is 10.1 Å². The molecule has 2 unspecified atom stereocenters. The molecule has 1 aromatic rings. The van der Waals surface area contributed by atoms with Crippen molar-refractivity contribution in [3.8, 4) is 0 Å². The molecule has 0 aromatic heterocycles. The molecule has 98 valence electrons. The van der Waals surface area contributed by atoms with Gasteiger partial charge in [-0.2, -0.15) is 0 Å². The highest BCUT2D eigenvalue weighted by molar-refractivity contribution is 5.39. The summed E-state index contributed by atoms with van der Waals surface area (Å²) in [6.45, 7) is 1.14. The Balaban J connectivity index is 1.99. The third kappa shape index (κ3) is 3.05. The minimum Gasteiger partial charge on any atom is -0.393 e. The molecule has 1 heterocycles. The van der Waals surface area contributed by atoms with E-state index in [1.165, 1.54) is 6.07 Å². The van der Waals surface area contributed by atoms with Gasteiger partial charge in [0, 0.05) is 24.2 Å². The van der Waals surface area contributed by atoms with Crippen LogP contribution >= 0.6 is 0 Å². The second kappa shape index (κ2) is 5.93. The van der Waals surface area contributed by atoms with E-state index in [9.17, 15) is 15.2 Å². The summed E-state index contributed by atoms with van der Waals surface area (Å²) in [7, 11) is 0. The molecule has 1 saturated heterocycles. The molecule has 1 aromatic carbocycles. The number of nitrogens with zero attached hydrogens (tertiary/aromatic N) is 1. The molecule has 2 rings (SSSR count). The minimum atomic E-state index is -0.358. The topological polar surface area (TPSA) is 72.6 Å². The van der Waals surface area contributed by atoms with Crippen molar-refractivity contribution >= 4 is 5.69 Å². The summed E-state index contributed by atoms with van der Waals surface area (Å²) in [6, 6.07) is 6.76. The molecule has 0 amide bonds. The second-order valence-corrected chi connectivity index (χ2v) is 4.62. The summed E-state index contributed by atoms with van der Waals surface area (Å²) < 4.78 is 5.32. The van der Waals surface area contributed by atoms with E-state index in [2.05, 4.69) is 0 Å². The van der Waals surface area contributed by atoms with E-state index in [0.717, 1.165) is 5.56 Å². The van der Waals surface area contributed by atoms with Crippen LogP contribution in [-0.4, -0.2) is 29.3 Å². The zero-order chi connectivity index (χ0) is 13.0. The Morgan fingerprint density at radius 2 is 2.22 bits per heavy atom. The standard InChI is InChI=1S/C13H17NO4/c15-13-7-8-18-9-11(13)6-5-10-3-1-2-4-12(10)14(16)17/h1-4,11,13,15H,5-9H2. The maximum atomic E-state index is 10.9. The molecule has 1 aliphatic rings. The van der Waals surface area contributed by atoms with Crippen molar-refractivity contribution < 1.29 is 14.8 Å². The summed E-state index contributed by atoms with van der Waals surface area (Å²) in [4.78, 5) is 10.5. The molecule has 0 aliphatic carbocycles. The van der Waals surface area contributed by atoms with Gasteiger partial charge >= 0.3 is 0 Å². The molecule has 0 radical (unpaired) electrons. The van der Waals surface area contributed by atoms with Crippen LogP contribution < -0.4 is 0 Å². The minimum absolute atomic E-state index is 0.0820. The zero-order valence-electron chi connectivity index (χ0n) is 10.1. The first kappa shape index (κ1) is 13.0. The van der Waals surface area contributed by atoms with Gasteiger partial charge < -0.3 is 9.84 Å². The predicted molar refractivity (Wildman–Crippen MR) is 66.4 cm³/mol. The Morgan fingerprint density at radius 3 is 2.94 bits per heavy atom. The van der Waals surface area contributed by atoms with Gasteiger partial charge in [0.15, 0.2) is 0 Å². The van der Waals surface area contributed by atoms with Gasteiger partial charge in [-0.15, -0.1) is 0 Å². The third-order valence-corrected chi connectivity index (χ3v) is 3.41. The van der Waals surface area contributed by atoms with Crippen LogP contribution in [0.3, 0.4) is 0 Å². The summed E-state index contributed by atoms with van der Waals surface area (Å²) in [6.07, 6.45) is 1.62. The summed E-state index contributed by atoms with van der Waals surface area (Å²) in [5.74, 6) is 0.0820. The molecule has 1 aliphatic heterocycles. The van der Waals surface area contributed by atoms with Crippen LogP contribution in [-0.2, 0) is 11.2 Å². The number of aliphatic hydroxyl groups excluding tert-OH is 1. The number of hydrogen-bond donors (Lipinski definition) is 1. The van der Waals surface area contributed by atoms with E-state index >= 15 is 0 Å². The van der Waals surface area contributed by atoms with Gasteiger partial charge in [0.1, 0.15) is 0 Å². The lowest BCUT2D eigenvalue weighted by molar-refractivity contribution is -0.385. The van der Waals surface area contributed by atoms with Crippen molar-refractivity contribution in [1.82, 2.24) is 0 Å². The number of para-hydroxylation sites is 1. The lowest BCUT2D eigenvalue weighted by Gasteiger charge is -2.27. The zero-order valence-corrected chi connectivity index (χ0v) is 10.1. The molecule has 0 bridgehead atoms. The normalized spacial score (nSPS) is 23.8. The van der Waals surface area contributed by atoms with Crippen LogP contribution in [0.2, 0.25) is 0 Å². The first-order valence-corrected chi connectivity index (χ1v) is 6.16. The van der Waals surface area contributed by atoms with Crippen LogP contribution in [0.1, 0.15) is 18.4 Å². The number of nitro groups is 1. The number of hydrogen-bond acceptors (Lipinski definition) is 4. The maximum Gasteiger partial charge on any atom is 0.272 e. The van der Waals surface area contributed by atoms with Crippen LogP contribution in [0, 0.1) is 16.0 Å². The maximum absolute atomic E-state index is 10.9. The summed E-state index contributed by atoms with van der Waals surface area (Å²) in [5, 5.41) is 20.7. The van der Waals surface area contributed by atoms with Crippen LogP contribution in [0.4, 0.5) is 5.69 Å². The Bertz CT molecular complexity index is 421. The fraction of sp³-hybridized carbons (Fsp3) is 0.538. The number of ether oxygens (including phenoxy) is 1. The Kier molecular flexibility index (Phi) is 4.28. The van der Waals surface area contributed by atoms with E-state index in [1.54, 1.807) is 18.2 Å². The van der Waals surface area contributed by atoms with Gasteiger partial charge in [0.05, 0.1) is 17.6 Å². The molecule has 5 nitrogen and oxygen atoms in total. The van der Waals surface area contributed by atoms with Crippen molar-refractivity contribution in [3.05, 3.63) is 39.9 Å².